The number of aliphatic hydroxyl groups excluding tert-OH is 1. The van der Waals surface area contributed by atoms with Crippen molar-refractivity contribution in [3.8, 4) is 0 Å². The van der Waals surface area contributed by atoms with Gasteiger partial charge in [-0.15, -0.1) is 0 Å². The molecule has 3 amide bonds. The Labute approximate surface area is 117 Å². The average Bonchev–Trinajstić information content (AvgIpc) is 2.52. The van der Waals surface area contributed by atoms with E-state index in [0.29, 0.717) is 12.8 Å². The normalized spacial score (nSPS) is 28.8. The Hall–Kier alpha value is -1.88. The third kappa shape index (κ3) is 1.98. The number of hydrogen-bond donors (Lipinski definition) is 2. The van der Waals surface area contributed by atoms with Crippen molar-refractivity contribution in [2.45, 2.75) is 44.9 Å². The highest BCUT2D eigenvalue weighted by Gasteiger charge is 2.58. The summed E-state index contributed by atoms with van der Waals surface area (Å²) in [6.45, 7) is 4.27. The van der Waals surface area contributed by atoms with Gasteiger partial charge in [-0.3, -0.25) is 9.69 Å². The van der Waals surface area contributed by atoms with E-state index in [1.54, 1.807) is 0 Å². The molecular formula is C15H18N2O3. The number of rotatable bonds is 2. The fourth-order valence-electron chi connectivity index (χ4n) is 3.18. The van der Waals surface area contributed by atoms with Gasteiger partial charge in [0.2, 0.25) is 0 Å². The van der Waals surface area contributed by atoms with Crippen LogP contribution in [0, 0.1) is 13.8 Å². The van der Waals surface area contributed by atoms with Crippen LogP contribution in [0.25, 0.3) is 0 Å². The number of carbonyl (C=O) groups excluding carboxylic acids is 2. The molecule has 2 fully saturated rings. The second kappa shape index (κ2) is 4.31. The molecule has 0 radical (unpaired) electrons. The van der Waals surface area contributed by atoms with Crippen molar-refractivity contribution in [2.75, 3.05) is 0 Å². The van der Waals surface area contributed by atoms with Crippen LogP contribution in [0.1, 0.15) is 29.5 Å². The number of aryl methyl sites for hydroxylation is 2. The number of nitrogens with zero attached hydrogens (tertiary/aromatic N) is 1. The van der Waals surface area contributed by atoms with Crippen LogP contribution in [0.15, 0.2) is 18.2 Å². The van der Waals surface area contributed by atoms with E-state index in [4.69, 9.17) is 0 Å². The Bertz CT molecular complexity index is 571. The van der Waals surface area contributed by atoms with Crippen LogP contribution < -0.4 is 5.32 Å². The molecule has 20 heavy (non-hydrogen) atoms. The average molecular weight is 274 g/mol. The molecule has 1 spiro atoms. The SMILES string of the molecule is Cc1cc(C)cc(CN2C(=O)NC3(CC(O)C3)C2=O)c1. The molecule has 1 aliphatic carbocycles. The smallest absolute Gasteiger partial charge is 0.325 e. The largest absolute Gasteiger partial charge is 0.393 e. The quantitative estimate of drug-likeness (QED) is 0.797. The third-order valence-electron chi connectivity index (χ3n) is 4.04. The monoisotopic (exact) mass is 274 g/mol. The molecule has 106 valence electrons. The molecule has 2 N–H and O–H groups in total. The highest BCUT2D eigenvalue weighted by molar-refractivity contribution is 6.07. The summed E-state index contributed by atoms with van der Waals surface area (Å²) in [5, 5.41) is 12.1. The van der Waals surface area contributed by atoms with Crippen molar-refractivity contribution in [2.24, 2.45) is 0 Å². The molecule has 1 heterocycles. The van der Waals surface area contributed by atoms with Gasteiger partial charge in [-0.2, -0.15) is 0 Å². The Morgan fingerprint density at radius 2 is 1.85 bits per heavy atom. The van der Waals surface area contributed by atoms with Crippen molar-refractivity contribution >= 4 is 11.9 Å². The van der Waals surface area contributed by atoms with Crippen molar-refractivity contribution in [1.29, 1.82) is 0 Å². The molecule has 1 aromatic rings. The lowest BCUT2D eigenvalue weighted by Gasteiger charge is -2.39. The fourth-order valence-corrected chi connectivity index (χ4v) is 3.18. The van der Waals surface area contributed by atoms with E-state index < -0.39 is 11.6 Å². The van der Waals surface area contributed by atoms with Crippen LogP contribution >= 0.6 is 0 Å². The van der Waals surface area contributed by atoms with E-state index in [0.717, 1.165) is 16.7 Å². The molecule has 0 aromatic heterocycles. The van der Waals surface area contributed by atoms with Gasteiger partial charge in [0, 0.05) is 12.8 Å². The van der Waals surface area contributed by atoms with Gasteiger partial charge >= 0.3 is 6.03 Å². The minimum atomic E-state index is -0.852. The number of imide groups is 1. The van der Waals surface area contributed by atoms with Crippen LogP contribution in [0.5, 0.6) is 0 Å². The fraction of sp³-hybridized carbons (Fsp3) is 0.467. The standard InChI is InChI=1S/C15H18N2O3/c1-9-3-10(2)5-11(4-9)8-17-13(19)15(16-14(17)20)6-12(18)7-15/h3-5,12,18H,6-8H2,1-2H3,(H,16,20). The molecule has 1 aromatic carbocycles. The third-order valence-corrected chi connectivity index (χ3v) is 4.04. The molecule has 1 saturated heterocycles. The lowest BCUT2D eigenvalue weighted by Crippen LogP contribution is -2.59. The minimum Gasteiger partial charge on any atom is -0.393 e. The van der Waals surface area contributed by atoms with E-state index in [2.05, 4.69) is 11.4 Å². The van der Waals surface area contributed by atoms with Crippen molar-refractivity contribution in [1.82, 2.24) is 10.2 Å². The molecule has 2 aliphatic rings. The van der Waals surface area contributed by atoms with Crippen LogP contribution in [0.4, 0.5) is 4.79 Å². The number of hydrogen-bond acceptors (Lipinski definition) is 3. The minimum absolute atomic E-state index is 0.216. The lowest BCUT2D eigenvalue weighted by atomic mass is 9.74. The van der Waals surface area contributed by atoms with Crippen LogP contribution in [-0.2, 0) is 11.3 Å². The number of nitrogens with one attached hydrogen (secondary N) is 1. The van der Waals surface area contributed by atoms with Gasteiger partial charge in [0.25, 0.3) is 5.91 Å². The van der Waals surface area contributed by atoms with Crippen molar-refractivity contribution in [3.05, 3.63) is 34.9 Å². The van der Waals surface area contributed by atoms with E-state index in [9.17, 15) is 14.7 Å². The van der Waals surface area contributed by atoms with Gasteiger partial charge in [0.15, 0.2) is 0 Å². The summed E-state index contributed by atoms with van der Waals surface area (Å²) >= 11 is 0. The molecule has 1 aliphatic heterocycles. The van der Waals surface area contributed by atoms with E-state index in [1.807, 2.05) is 26.0 Å². The Kier molecular flexibility index (Phi) is 2.83. The van der Waals surface area contributed by atoms with Gasteiger partial charge < -0.3 is 10.4 Å². The number of benzene rings is 1. The summed E-state index contributed by atoms with van der Waals surface area (Å²) in [6.07, 6.45) is 0.155. The highest BCUT2D eigenvalue weighted by Crippen LogP contribution is 2.38. The summed E-state index contributed by atoms with van der Waals surface area (Å²) in [5.74, 6) is -0.216. The zero-order chi connectivity index (χ0) is 14.5. The van der Waals surface area contributed by atoms with Gasteiger partial charge in [-0.05, 0) is 19.4 Å². The summed E-state index contributed by atoms with van der Waals surface area (Å²) in [6, 6.07) is 5.66. The predicted molar refractivity (Wildman–Crippen MR) is 73.0 cm³/mol. The van der Waals surface area contributed by atoms with Gasteiger partial charge in [-0.1, -0.05) is 29.3 Å². The Morgan fingerprint density at radius 1 is 1.25 bits per heavy atom. The summed E-state index contributed by atoms with van der Waals surface area (Å²) in [5.41, 5.74) is 2.32. The van der Waals surface area contributed by atoms with Crippen molar-refractivity contribution < 1.29 is 14.7 Å². The molecule has 1 saturated carbocycles. The van der Waals surface area contributed by atoms with Gasteiger partial charge in [-0.25, -0.2) is 4.79 Å². The number of carbonyl (C=O) groups is 2. The molecule has 0 unspecified atom stereocenters. The molecule has 0 atom stereocenters. The summed E-state index contributed by atoms with van der Waals surface area (Å²) in [7, 11) is 0. The molecule has 5 nitrogen and oxygen atoms in total. The first-order chi connectivity index (χ1) is 9.39. The summed E-state index contributed by atoms with van der Waals surface area (Å²) < 4.78 is 0. The van der Waals surface area contributed by atoms with Crippen LogP contribution in [0.2, 0.25) is 0 Å². The maximum Gasteiger partial charge on any atom is 0.325 e. The predicted octanol–water partition coefficient (Wildman–Crippen LogP) is 1.25. The molecule has 0 bridgehead atoms. The van der Waals surface area contributed by atoms with Gasteiger partial charge in [0.05, 0.1) is 12.6 Å². The Morgan fingerprint density at radius 3 is 2.40 bits per heavy atom. The van der Waals surface area contributed by atoms with Crippen molar-refractivity contribution in [3.63, 3.8) is 0 Å². The maximum atomic E-state index is 12.4. The van der Waals surface area contributed by atoms with Crippen LogP contribution in [0.3, 0.4) is 0 Å². The highest BCUT2D eigenvalue weighted by atomic mass is 16.3. The zero-order valence-electron chi connectivity index (χ0n) is 11.6. The summed E-state index contributed by atoms with van der Waals surface area (Å²) in [4.78, 5) is 25.6. The zero-order valence-corrected chi connectivity index (χ0v) is 11.6. The Balaban J connectivity index is 1.81. The van der Waals surface area contributed by atoms with Gasteiger partial charge in [0.1, 0.15) is 5.54 Å². The number of aliphatic hydroxyl groups is 1. The first kappa shape index (κ1) is 13.1. The first-order valence-corrected chi connectivity index (χ1v) is 6.79. The maximum absolute atomic E-state index is 12.4. The van der Waals surface area contributed by atoms with E-state index >= 15 is 0 Å². The lowest BCUT2D eigenvalue weighted by molar-refractivity contribution is -0.139. The molecule has 5 heteroatoms. The first-order valence-electron chi connectivity index (χ1n) is 6.79. The molecule has 3 rings (SSSR count). The topological polar surface area (TPSA) is 69.6 Å². The second-order valence-electron chi connectivity index (χ2n) is 5.96. The molecular weight excluding hydrogens is 256 g/mol. The second-order valence-corrected chi connectivity index (χ2v) is 5.96. The number of amides is 3. The van der Waals surface area contributed by atoms with E-state index in [1.165, 1.54) is 4.90 Å². The number of urea groups is 1. The van der Waals surface area contributed by atoms with E-state index in [-0.39, 0.29) is 18.5 Å². The van der Waals surface area contributed by atoms with Crippen LogP contribution in [-0.4, -0.2) is 33.6 Å².